The van der Waals surface area contributed by atoms with E-state index < -0.39 is 0 Å². The Morgan fingerprint density at radius 1 is 1.71 bits per heavy atom. The number of rotatable bonds is 2. The molecule has 0 aromatic carbocycles. The van der Waals surface area contributed by atoms with Crippen molar-refractivity contribution in [2.24, 2.45) is 7.05 Å². The second kappa shape index (κ2) is 3.81. The maximum Gasteiger partial charge on any atom is 0.0871 e. The van der Waals surface area contributed by atoms with Crippen LogP contribution in [0.3, 0.4) is 0 Å². The van der Waals surface area contributed by atoms with Gasteiger partial charge in [0.15, 0.2) is 0 Å². The van der Waals surface area contributed by atoms with Crippen LogP contribution in [0, 0.1) is 11.3 Å². The van der Waals surface area contributed by atoms with Crippen LogP contribution in [0.4, 0.5) is 0 Å². The predicted octanol–water partition coefficient (Wildman–Crippen LogP) is 1.08. The number of aromatic nitrogens is 2. The van der Waals surface area contributed by atoms with E-state index in [9.17, 15) is 0 Å². The summed E-state index contributed by atoms with van der Waals surface area (Å²) in [6, 6.07) is 2.62. The van der Waals surface area contributed by atoms with Gasteiger partial charge in [-0.05, 0) is 19.4 Å². The standard InChI is InChI=1S/C10H14N4/c1-13-8-9(7-12-13)10-3-2-5-14(10)6-4-11/h7-8,10H,2-3,5-6H2,1H3. The largest absolute Gasteiger partial charge is 0.283 e. The number of likely N-dealkylation sites (tertiary alicyclic amines) is 1. The monoisotopic (exact) mass is 190 g/mol. The van der Waals surface area contributed by atoms with Crippen LogP contribution < -0.4 is 0 Å². The van der Waals surface area contributed by atoms with E-state index in [4.69, 9.17) is 5.26 Å². The second-order valence-corrected chi connectivity index (χ2v) is 3.73. The first kappa shape index (κ1) is 9.22. The zero-order chi connectivity index (χ0) is 9.97. The number of nitrogens with zero attached hydrogens (tertiary/aromatic N) is 4. The normalized spacial score (nSPS) is 22.4. The first-order valence-corrected chi connectivity index (χ1v) is 4.91. The summed E-state index contributed by atoms with van der Waals surface area (Å²) in [6.45, 7) is 1.56. The molecule has 0 radical (unpaired) electrons. The zero-order valence-corrected chi connectivity index (χ0v) is 8.35. The molecule has 1 aliphatic rings. The topological polar surface area (TPSA) is 44.9 Å². The summed E-state index contributed by atoms with van der Waals surface area (Å²) >= 11 is 0. The number of aryl methyl sites for hydroxylation is 1. The van der Waals surface area contributed by atoms with Crippen molar-refractivity contribution in [3.63, 3.8) is 0 Å². The SMILES string of the molecule is Cn1cc(C2CCCN2CC#N)cn1. The van der Waals surface area contributed by atoms with Crippen molar-refractivity contribution in [2.45, 2.75) is 18.9 Å². The van der Waals surface area contributed by atoms with Crippen LogP contribution in [0.2, 0.25) is 0 Å². The molecule has 2 rings (SSSR count). The molecule has 1 aliphatic heterocycles. The highest BCUT2D eigenvalue weighted by Gasteiger charge is 2.26. The Morgan fingerprint density at radius 2 is 2.57 bits per heavy atom. The van der Waals surface area contributed by atoms with Crippen molar-refractivity contribution >= 4 is 0 Å². The highest BCUT2D eigenvalue weighted by molar-refractivity contribution is 5.12. The lowest BCUT2D eigenvalue weighted by Gasteiger charge is -2.19. The van der Waals surface area contributed by atoms with Crippen molar-refractivity contribution in [1.82, 2.24) is 14.7 Å². The van der Waals surface area contributed by atoms with Gasteiger partial charge in [0, 0.05) is 24.8 Å². The molecule has 14 heavy (non-hydrogen) atoms. The fraction of sp³-hybridized carbons (Fsp3) is 0.600. The van der Waals surface area contributed by atoms with E-state index in [-0.39, 0.29) is 0 Å². The third-order valence-electron chi connectivity index (χ3n) is 2.75. The molecule has 2 heterocycles. The lowest BCUT2D eigenvalue weighted by atomic mass is 10.1. The minimum atomic E-state index is 0.406. The van der Waals surface area contributed by atoms with Crippen LogP contribution in [0.1, 0.15) is 24.4 Å². The molecule has 4 heteroatoms. The van der Waals surface area contributed by atoms with Gasteiger partial charge in [0.25, 0.3) is 0 Å². The van der Waals surface area contributed by atoms with E-state index in [1.165, 1.54) is 12.0 Å². The van der Waals surface area contributed by atoms with Gasteiger partial charge >= 0.3 is 0 Å². The average molecular weight is 190 g/mol. The molecule has 4 nitrogen and oxygen atoms in total. The maximum absolute atomic E-state index is 8.68. The number of nitriles is 1. The van der Waals surface area contributed by atoms with Crippen LogP contribution in [-0.2, 0) is 7.05 Å². The van der Waals surface area contributed by atoms with Gasteiger partial charge in [-0.25, -0.2) is 0 Å². The van der Waals surface area contributed by atoms with Gasteiger partial charge < -0.3 is 0 Å². The molecule has 1 aromatic heterocycles. The molecule has 0 bridgehead atoms. The summed E-state index contributed by atoms with van der Waals surface area (Å²) in [7, 11) is 1.92. The Morgan fingerprint density at radius 3 is 3.21 bits per heavy atom. The van der Waals surface area contributed by atoms with Crippen molar-refractivity contribution in [2.75, 3.05) is 13.1 Å². The molecule has 0 amide bonds. The van der Waals surface area contributed by atoms with E-state index in [1.807, 2.05) is 24.1 Å². The van der Waals surface area contributed by atoms with E-state index in [1.54, 1.807) is 0 Å². The molecule has 1 aromatic rings. The summed E-state index contributed by atoms with van der Waals surface area (Å²) in [5, 5.41) is 12.8. The van der Waals surface area contributed by atoms with Crippen LogP contribution >= 0.6 is 0 Å². The molecule has 1 atom stereocenters. The highest BCUT2D eigenvalue weighted by atomic mass is 15.3. The lowest BCUT2D eigenvalue weighted by Crippen LogP contribution is -2.23. The van der Waals surface area contributed by atoms with Crippen molar-refractivity contribution in [1.29, 1.82) is 5.26 Å². The van der Waals surface area contributed by atoms with E-state index >= 15 is 0 Å². The second-order valence-electron chi connectivity index (χ2n) is 3.73. The Kier molecular flexibility index (Phi) is 2.51. The summed E-state index contributed by atoms with van der Waals surface area (Å²) in [5.74, 6) is 0. The molecule has 0 aliphatic carbocycles. The van der Waals surface area contributed by atoms with Crippen LogP contribution in [0.15, 0.2) is 12.4 Å². The molecule has 0 N–H and O–H groups in total. The van der Waals surface area contributed by atoms with E-state index in [0.29, 0.717) is 12.6 Å². The fourth-order valence-electron chi connectivity index (χ4n) is 2.10. The maximum atomic E-state index is 8.68. The van der Waals surface area contributed by atoms with Gasteiger partial charge in [-0.15, -0.1) is 0 Å². The van der Waals surface area contributed by atoms with Crippen molar-refractivity contribution in [3.05, 3.63) is 18.0 Å². The summed E-state index contributed by atoms with van der Waals surface area (Å²) < 4.78 is 1.82. The van der Waals surface area contributed by atoms with Gasteiger partial charge in [-0.2, -0.15) is 10.4 Å². The molecule has 0 spiro atoms. The minimum Gasteiger partial charge on any atom is -0.283 e. The van der Waals surface area contributed by atoms with Gasteiger partial charge in [-0.3, -0.25) is 9.58 Å². The fourth-order valence-corrected chi connectivity index (χ4v) is 2.10. The molecular weight excluding hydrogens is 176 g/mol. The zero-order valence-electron chi connectivity index (χ0n) is 8.35. The first-order chi connectivity index (χ1) is 6.81. The van der Waals surface area contributed by atoms with E-state index in [2.05, 4.69) is 16.1 Å². The quantitative estimate of drug-likeness (QED) is 0.655. The van der Waals surface area contributed by atoms with Crippen LogP contribution in [0.25, 0.3) is 0 Å². The van der Waals surface area contributed by atoms with Crippen molar-refractivity contribution < 1.29 is 0 Å². The average Bonchev–Trinajstić information content (AvgIpc) is 2.74. The molecule has 0 saturated carbocycles. The van der Waals surface area contributed by atoms with Gasteiger partial charge in [-0.1, -0.05) is 0 Å². The van der Waals surface area contributed by atoms with Gasteiger partial charge in [0.05, 0.1) is 18.8 Å². The van der Waals surface area contributed by atoms with Crippen LogP contribution in [0.5, 0.6) is 0 Å². The Bertz CT molecular complexity index is 349. The smallest absolute Gasteiger partial charge is 0.0871 e. The summed E-state index contributed by atoms with van der Waals surface area (Å²) in [5.41, 5.74) is 1.24. The lowest BCUT2D eigenvalue weighted by molar-refractivity contribution is 0.289. The van der Waals surface area contributed by atoms with Gasteiger partial charge in [0.2, 0.25) is 0 Å². The Labute approximate surface area is 83.7 Å². The molecule has 1 fully saturated rings. The van der Waals surface area contributed by atoms with E-state index in [0.717, 1.165) is 13.0 Å². The molecular formula is C10H14N4. The predicted molar refractivity (Wildman–Crippen MR) is 52.4 cm³/mol. The van der Waals surface area contributed by atoms with Crippen molar-refractivity contribution in [3.8, 4) is 6.07 Å². The first-order valence-electron chi connectivity index (χ1n) is 4.91. The Hall–Kier alpha value is -1.34. The summed E-state index contributed by atoms with van der Waals surface area (Å²) in [6.07, 6.45) is 6.27. The van der Waals surface area contributed by atoms with Crippen LogP contribution in [-0.4, -0.2) is 27.8 Å². The molecule has 1 unspecified atom stereocenters. The number of hydrogen-bond donors (Lipinski definition) is 0. The highest BCUT2D eigenvalue weighted by Crippen LogP contribution is 2.30. The Balaban J connectivity index is 2.14. The molecule has 1 saturated heterocycles. The van der Waals surface area contributed by atoms with Gasteiger partial charge in [0.1, 0.15) is 0 Å². The minimum absolute atomic E-state index is 0.406. The third kappa shape index (κ3) is 1.64. The molecule has 74 valence electrons. The number of hydrogen-bond acceptors (Lipinski definition) is 3. The summed E-state index contributed by atoms with van der Waals surface area (Å²) in [4.78, 5) is 2.22. The third-order valence-corrected chi connectivity index (χ3v) is 2.75.